The van der Waals surface area contributed by atoms with Gasteiger partial charge in [-0.15, -0.1) is 0 Å². The molecule has 0 spiro atoms. The van der Waals surface area contributed by atoms with Gasteiger partial charge in [-0.2, -0.15) is 0 Å². The van der Waals surface area contributed by atoms with Crippen LogP contribution in [0.15, 0.2) is 22.8 Å². The van der Waals surface area contributed by atoms with Gasteiger partial charge in [-0.1, -0.05) is 13.8 Å². The van der Waals surface area contributed by atoms with Crippen LogP contribution in [-0.4, -0.2) is 18.0 Å². The van der Waals surface area contributed by atoms with Crippen molar-refractivity contribution < 1.29 is 18.7 Å². The molecular formula is C17H21NO4. The predicted molar refractivity (Wildman–Crippen MR) is 83.5 cm³/mol. The predicted octanol–water partition coefficient (Wildman–Crippen LogP) is 2.82. The van der Waals surface area contributed by atoms with E-state index in [0.29, 0.717) is 5.92 Å². The second-order valence-electron chi connectivity index (χ2n) is 5.83. The van der Waals surface area contributed by atoms with Gasteiger partial charge < -0.3 is 14.9 Å². The molecular weight excluding hydrogens is 282 g/mol. The molecule has 5 heteroatoms. The van der Waals surface area contributed by atoms with E-state index < -0.39 is 18.0 Å². The highest BCUT2D eigenvalue weighted by atomic mass is 16.5. The quantitative estimate of drug-likeness (QED) is 0.861. The second-order valence-corrected chi connectivity index (χ2v) is 5.83. The number of furan rings is 1. The summed E-state index contributed by atoms with van der Waals surface area (Å²) in [6, 6.07) is 4.03. The van der Waals surface area contributed by atoms with Crippen molar-refractivity contribution in [3.05, 3.63) is 35.1 Å². The summed E-state index contributed by atoms with van der Waals surface area (Å²) in [5, 5.41) is 0.901. The van der Waals surface area contributed by atoms with Crippen molar-refractivity contribution in [1.82, 2.24) is 0 Å². The molecule has 1 aromatic heterocycles. The van der Waals surface area contributed by atoms with Crippen LogP contribution in [0.1, 0.15) is 43.4 Å². The summed E-state index contributed by atoms with van der Waals surface area (Å²) < 4.78 is 10.5. The lowest BCUT2D eigenvalue weighted by Crippen LogP contribution is -2.30. The number of rotatable bonds is 5. The third-order valence-electron chi connectivity index (χ3n) is 3.71. The van der Waals surface area contributed by atoms with Gasteiger partial charge in [0.1, 0.15) is 5.58 Å². The van der Waals surface area contributed by atoms with Crippen LogP contribution in [0.2, 0.25) is 0 Å². The summed E-state index contributed by atoms with van der Waals surface area (Å²) in [4.78, 5) is 22.8. The Kier molecular flexibility index (Phi) is 4.54. The first kappa shape index (κ1) is 16.1. The van der Waals surface area contributed by atoms with Crippen LogP contribution in [0, 0.1) is 6.92 Å². The van der Waals surface area contributed by atoms with Crippen molar-refractivity contribution in [2.24, 2.45) is 5.73 Å². The van der Waals surface area contributed by atoms with Crippen LogP contribution in [0.3, 0.4) is 0 Å². The number of amides is 1. The molecule has 5 nitrogen and oxygen atoms in total. The summed E-state index contributed by atoms with van der Waals surface area (Å²) >= 11 is 0. The molecule has 0 saturated heterocycles. The van der Waals surface area contributed by atoms with Crippen LogP contribution >= 0.6 is 0 Å². The van der Waals surface area contributed by atoms with Gasteiger partial charge in [0.15, 0.2) is 6.10 Å². The van der Waals surface area contributed by atoms with E-state index in [2.05, 4.69) is 19.9 Å². The molecule has 0 aliphatic carbocycles. The smallest absolute Gasteiger partial charge is 0.311 e. The normalized spacial score (nSPS) is 12.6. The summed E-state index contributed by atoms with van der Waals surface area (Å²) in [6.07, 6.45) is 0.675. The molecule has 0 aliphatic rings. The minimum atomic E-state index is -0.931. The Balaban J connectivity index is 2.27. The fourth-order valence-corrected chi connectivity index (χ4v) is 2.46. The molecule has 2 N–H and O–H groups in total. The van der Waals surface area contributed by atoms with Crippen molar-refractivity contribution in [1.29, 1.82) is 0 Å². The SMILES string of the molecule is Cc1cc2occ(CC(=O)O[C@H](C)C(N)=O)c2cc1C(C)C. The highest BCUT2D eigenvalue weighted by Crippen LogP contribution is 2.29. The van der Waals surface area contributed by atoms with Crippen LogP contribution in [-0.2, 0) is 20.7 Å². The Morgan fingerprint density at radius 1 is 1.27 bits per heavy atom. The number of primary amides is 1. The van der Waals surface area contributed by atoms with Crippen molar-refractivity contribution in [3.63, 3.8) is 0 Å². The van der Waals surface area contributed by atoms with Gasteiger partial charge in [0.05, 0.1) is 12.7 Å². The first-order chi connectivity index (χ1) is 10.3. The highest BCUT2D eigenvalue weighted by Gasteiger charge is 2.18. The Hall–Kier alpha value is -2.30. The Labute approximate surface area is 129 Å². The molecule has 0 fully saturated rings. The lowest BCUT2D eigenvalue weighted by Gasteiger charge is -2.11. The maximum absolute atomic E-state index is 11.9. The summed E-state index contributed by atoms with van der Waals surface area (Å²) in [5.74, 6) is -0.780. The molecule has 1 atom stereocenters. The first-order valence-corrected chi connectivity index (χ1v) is 7.29. The Morgan fingerprint density at radius 2 is 1.95 bits per heavy atom. The van der Waals surface area contributed by atoms with Crippen molar-refractivity contribution in [3.8, 4) is 0 Å². The lowest BCUT2D eigenvalue weighted by molar-refractivity contribution is -0.153. The molecule has 0 saturated carbocycles. The van der Waals surface area contributed by atoms with Gasteiger partial charge in [0.2, 0.25) is 0 Å². The Morgan fingerprint density at radius 3 is 2.55 bits per heavy atom. The van der Waals surface area contributed by atoms with Gasteiger partial charge in [0, 0.05) is 10.9 Å². The summed E-state index contributed by atoms with van der Waals surface area (Å²) in [5.41, 5.74) is 8.95. The number of aryl methyl sites for hydroxylation is 1. The monoisotopic (exact) mass is 303 g/mol. The largest absolute Gasteiger partial charge is 0.464 e. The molecule has 1 aromatic carbocycles. The van der Waals surface area contributed by atoms with Gasteiger partial charge in [-0.05, 0) is 43.0 Å². The van der Waals surface area contributed by atoms with E-state index in [0.717, 1.165) is 22.1 Å². The van der Waals surface area contributed by atoms with Crippen LogP contribution in [0.25, 0.3) is 11.0 Å². The number of carbonyl (C=O) groups is 2. The standard InChI is InChI=1S/C17H21NO4/c1-9(2)13-7-14-12(8-21-15(14)5-10(13)3)6-16(19)22-11(4)17(18)20/h5,7-9,11H,6H2,1-4H3,(H2,18,20)/t11-/m1/s1. The maximum Gasteiger partial charge on any atom is 0.311 e. The van der Waals surface area contributed by atoms with Crippen LogP contribution in [0.4, 0.5) is 0 Å². The average molecular weight is 303 g/mol. The van der Waals surface area contributed by atoms with Gasteiger partial charge >= 0.3 is 5.97 Å². The van der Waals surface area contributed by atoms with Gasteiger partial charge in [-0.3, -0.25) is 9.59 Å². The fourth-order valence-electron chi connectivity index (χ4n) is 2.46. The van der Waals surface area contributed by atoms with E-state index in [4.69, 9.17) is 14.9 Å². The number of hydrogen-bond donors (Lipinski definition) is 1. The first-order valence-electron chi connectivity index (χ1n) is 7.29. The van der Waals surface area contributed by atoms with E-state index in [1.54, 1.807) is 6.26 Å². The molecule has 2 aromatic rings. The fraction of sp³-hybridized carbons (Fsp3) is 0.412. The maximum atomic E-state index is 11.9. The number of hydrogen-bond acceptors (Lipinski definition) is 4. The lowest BCUT2D eigenvalue weighted by atomic mass is 9.95. The topological polar surface area (TPSA) is 82.5 Å². The minimum absolute atomic E-state index is 0.0468. The molecule has 1 amide bonds. The molecule has 1 heterocycles. The molecule has 0 radical (unpaired) electrons. The number of carbonyl (C=O) groups excluding carboxylic acids is 2. The number of nitrogens with two attached hydrogens (primary N) is 1. The number of benzene rings is 1. The van der Waals surface area contributed by atoms with Crippen molar-refractivity contribution in [2.75, 3.05) is 0 Å². The number of esters is 1. The van der Waals surface area contributed by atoms with Gasteiger partial charge in [-0.25, -0.2) is 0 Å². The molecule has 0 aliphatic heterocycles. The molecule has 118 valence electrons. The zero-order valence-electron chi connectivity index (χ0n) is 13.3. The van der Waals surface area contributed by atoms with E-state index in [1.807, 2.05) is 13.0 Å². The molecule has 22 heavy (non-hydrogen) atoms. The zero-order chi connectivity index (χ0) is 16.4. The number of ether oxygens (including phenoxy) is 1. The van der Waals surface area contributed by atoms with E-state index in [9.17, 15) is 9.59 Å². The molecule has 2 rings (SSSR count). The van der Waals surface area contributed by atoms with Crippen molar-refractivity contribution >= 4 is 22.8 Å². The van der Waals surface area contributed by atoms with Crippen LogP contribution in [0.5, 0.6) is 0 Å². The van der Waals surface area contributed by atoms with E-state index in [1.165, 1.54) is 12.5 Å². The third kappa shape index (κ3) is 3.30. The highest BCUT2D eigenvalue weighted by molar-refractivity contribution is 5.88. The summed E-state index contributed by atoms with van der Waals surface area (Å²) in [7, 11) is 0. The van der Waals surface area contributed by atoms with Crippen LogP contribution < -0.4 is 5.73 Å². The molecule has 0 bridgehead atoms. The minimum Gasteiger partial charge on any atom is -0.464 e. The second kappa shape index (κ2) is 6.22. The average Bonchev–Trinajstić information content (AvgIpc) is 2.79. The summed E-state index contributed by atoms with van der Waals surface area (Å²) in [6.45, 7) is 7.74. The van der Waals surface area contributed by atoms with E-state index in [-0.39, 0.29) is 6.42 Å². The van der Waals surface area contributed by atoms with E-state index >= 15 is 0 Å². The zero-order valence-corrected chi connectivity index (χ0v) is 13.3. The molecule has 0 unspecified atom stereocenters. The van der Waals surface area contributed by atoms with Crippen molar-refractivity contribution in [2.45, 2.75) is 46.1 Å². The van der Waals surface area contributed by atoms with Gasteiger partial charge in [0.25, 0.3) is 5.91 Å². The number of fused-ring (bicyclic) bond motifs is 1. The third-order valence-corrected chi connectivity index (χ3v) is 3.71. The Bertz CT molecular complexity index is 715.